The Labute approximate surface area is 117 Å². The average Bonchev–Trinajstić information content (AvgIpc) is 2.48. The lowest BCUT2D eigenvalue weighted by atomic mass is 10.1. The molecular formula is C14H18N2O4. The molecule has 1 fully saturated rings. The molecule has 6 nitrogen and oxygen atoms in total. The summed E-state index contributed by atoms with van der Waals surface area (Å²) in [5, 5.41) is 5.54. The second kappa shape index (κ2) is 6.79. The fraction of sp³-hybridized carbons (Fsp3) is 0.429. The summed E-state index contributed by atoms with van der Waals surface area (Å²) < 4.78 is 10.4. The first-order valence-corrected chi connectivity index (χ1v) is 6.50. The van der Waals surface area contributed by atoms with Crippen LogP contribution in [-0.4, -0.2) is 38.1 Å². The summed E-state index contributed by atoms with van der Waals surface area (Å²) in [6, 6.07) is 7.01. The number of ether oxygens (including phenoxy) is 2. The zero-order valence-electron chi connectivity index (χ0n) is 11.3. The molecule has 6 heteroatoms. The number of methoxy groups -OCH3 is 1. The van der Waals surface area contributed by atoms with Crippen LogP contribution in [0.15, 0.2) is 24.3 Å². The van der Waals surface area contributed by atoms with Crippen molar-refractivity contribution in [3.8, 4) is 11.5 Å². The van der Waals surface area contributed by atoms with E-state index >= 15 is 0 Å². The van der Waals surface area contributed by atoms with Crippen LogP contribution in [0.3, 0.4) is 0 Å². The molecule has 2 rings (SSSR count). The van der Waals surface area contributed by atoms with Crippen LogP contribution in [0.4, 0.5) is 0 Å². The van der Waals surface area contributed by atoms with Gasteiger partial charge in [-0.15, -0.1) is 0 Å². The first kappa shape index (κ1) is 14.2. The summed E-state index contributed by atoms with van der Waals surface area (Å²) in [6.07, 6.45) is 1.12. The molecule has 20 heavy (non-hydrogen) atoms. The Morgan fingerprint density at radius 2 is 2.05 bits per heavy atom. The summed E-state index contributed by atoms with van der Waals surface area (Å²) in [5.41, 5.74) is 0. The van der Waals surface area contributed by atoms with Crippen molar-refractivity contribution < 1.29 is 19.1 Å². The van der Waals surface area contributed by atoms with Crippen LogP contribution in [0.1, 0.15) is 12.8 Å². The van der Waals surface area contributed by atoms with Gasteiger partial charge in [-0.2, -0.15) is 0 Å². The third-order valence-corrected chi connectivity index (χ3v) is 3.06. The first-order chi connectivity index (χ1) is 9.67. The molecule has 1 aliphatic rings. The van der Waals surface area contributed by atoms with E-state index in [0.717, 1.165) is 5.75 Å². The smallest absolute Gasteiger partial charge is 0.258 e. The van der Waals surface area contributed by atoms with Gasteiger partial charge in [-0.3, -0.25) is 9.59 Å². The molecule has 0 bridgehead atoms. The highest BCUT2D eigenvalue weighted by molar-refractivity contribution is 5.79. The van der Waals surface area contributed by atoms with Gasteiger partial charge in [0.2, 0.25) is 5.91 Å². The van der Waals surface area contributed by atoms with Gasteiger partial charge >= 0.3 is 0 Å². The Morgan fingerprint density at radius 1 is 1.35 bits per heavy atom. The number of carbonyl (C=O) groups excluding carboxylic acids is 2. The van der Waals surface area contributed by atoms with E-state index in [1.807, 2.05) is 0 Å². The second-order valence-corrected chi connectivity index (χ2v) is 4.57. The van der Waals surface area contributed by atoms with Crippen LogP contribution >= 0.6 is 0 Å². The highest BCUT2D eigenvalue weighted by Crippen LogP contribution is 2.16. The molecule has 1 aliphatic heterocycles. The molecule has 1 aromatic carbocycles. The standard InChI is InChI=1S/C14H18N2O4/c1-19-11-3-5-12(6-4-11)20-9-14(18)16-10-2-7-13(17)15-8-10/h3-6,10H,2,7-9H2,1H3,(H,15,17)(H,16,18). The molecule has 1 saturated heterocycles. The van der Waals surface area contributed by atoms with Crippen molar-refractivity contribution >= 4 is 11.8 Å². The maximum atomic E-state index is 11.7. The van der Waals surface area contributed by atoms with Gasteiger partial charge in [-0.25, -0.2) is 0 Å². The lowest BCUT2D eigenvalue weighted by Crippen LogP contribution is -2.48. The van der Waals surface area contributed by atoms with Crippen molar-refractivity contribution in [1.29, 1.82) is 0 Å². The summed E-state index contributed by atoms with van der Waals surface area (Å²) in [7, 11) is 1.59. The maximum Gasteiger partial charge on any atom is 0.258 e. The highest BCUT2D eigenvalue weighted by atomic mass is 16.5. The third-order valence-electron chi connectivity index (χ3n) is 3.06. The van der Waals surface area contributed by atoms with Gasteiger partial charge in [0, 0.05) is 19.0 Å². The van der Waals surface area contributed by atoms with Crippen molar-refractivity contribution in [1.82, 2.24) is 10.6 Å². The molecule has 1 aromatic rings. The van der Waals surface area contributed by atoms with Crippen molar-refractivity contribution in [2.24, 2.45) is 0 Å². The zero-order chi connectivity index (χ0) is 14.4. The molecule has 1 unspecified atom stereocenters. The molecule has 2 N–H and O–H groups in total. The van der Waals surface area contributed by atoms with Gasteiger partial charge in [0.05, 0.1) is 7.11 Å². The second-order valence-electron chi connectivity index (χ2n) is 4.57. The number of piperidine rings is 1. The number of nitrogens with one attached hydrogen (secondary N) is 2. The van der Waals surface area contributed by atoms with Gasteiger partial charge in [0.1, 0.15) is 11.5 Å². The topological polar surface area (TPSA) is 76.7 Å². The predicted octanol–water partition coefficient (Wildman–Crippen LogP) is 0.469. The van der Waals surface area contributed by atoms with E-state index in [1.54, 1.807) is 31.4 Å². The van der Waals surface area contributed by atoms with Crippen LogP contribution in [0.25, 0.3) is 0 Å². The summed E-state index contributed by atoms with van der Waals surface area (Å²) in [4.78, 5) is 22.7. The summed E-state index contributed by atoms with van der Waals surface area (Å²) in [5.74, 6) is 1.18. The molecular weight excluding hydrogens is 260 g/mol. The van der Waals surface area contributed by atoms with Crippen LogP contribution in [0, 0.1) is 0 Å². The Morgan fingerprint density at radius 3 is 2.65 bits per heavy atom. The molecule has 108 valence electrons. The Balaban J connectivity index is 1.72. The molecule has 0 aromatic heterocycles. The van der Waals surface area contributed by atoms with E-state index in [1.165, 1.54) is 0 Å². The summed E-state index contributed by atoms with van der Waals surface area (Å²) >= 11 is 0. The molecule has 0 saturated carbocycles. The number of hydrogen-bond donors (Lipinski definition) is 2. The van der Waals surface area contributed by atoms with Gasteiger partial charge < -0.3 is 20.1 Å². The number of hydrogen-bond acceptors (Lipinski definition) is 4. The Bertz CT molecular complexity index is 463. The van der Waals surface area contributed by atoms with Crippen LogP contribution in [0.2, 0.25) is 0 Å². The predicted molar refractivity (Wildman–Crippen MR) is 72.7 cm³/mol. The molecule has 0 spiro atoms. The zero-order valence-corrected chi connectivity index (χ0v) is 11.3. The normalized spacial score (nSPS) is 18.1. The highest BCUT2D eigenvalue weighted by Gasteiger charge is 2.19. The number of amides is 2. The van der Waals surface area contributed by atoms with E-state index in [0.29, 0.717) is 25.1 Å². The van der Waals surface area contributed by atoms with Gasteiger partial charge in [-0.05, 0) is 30.7 Å². The monoisotopic (exact) mass is 278 g/mol. The van der Waals surface area contributed by atoms with E-state index in [2.05, 4.69) is 10.6 Å². The lowest BCUT2D eigenvalue weighted by Gasteiger charge is -2.23. The molecule has 1 atom stereocenters. The number of carbonyl (C=O) groups is 2. The maximum absolute atomic E-state index is 11.7. The van der Waals surface area contributed by atoms with E-state index in [-0.39, 0.29) is 24.5 Å². The fourth-order valence-electron chi connectivity index (χ4n) is 1.95. The van der Waals surface area contributed by atoms with Gasteiger partial charge in [-0.1, -0.05) is 0 Å². The van der Waals surface area contributed by atoms with Crippen molar-refractivity contribution in [3.63, 3.8) is 0 Å². The Kier molecular flexibility index (Phi) is 4.81. The SMILES string of the molecule is COc1ccc(OCC(=O)NC2CCC(=O)NC2)cc1. The van der Waals surface area contributed by atoms with Crippen LogP contribution in [0.5, 0.6) is 11.5 Å². The number of benzene rings is 1. The minimum Gasteiger partial charge on any atom is -0.497 e. The number of rotatable bonds is 5. The van der Waals surface area contributed by atoms with Crippen LogP contribution < -0.4 is 20.1 Å². The Hall–Kier alpha value is -2.24. The van der Waals surface area contributed by atoms with E-state index in [4.69, 9.17) is 9.47 Å². The largest absolute Gasteiger partial charge is 0.497 e. The molecule has 0 aliphatic carbocycles. The molecule has 0 radical (unpaired) electrons. The van der Waals surface area contributed by atoms with Gasteiger partial charge in [0.25, 0.3) is 5.91 Å². The fourth-order valence-corrected chi connectivity index (χ4v) is 1.95. The molecule has 1 heterocycles. The summed E-state index contributed by atoms with van der Waals surface area (Å²) in [6.45, 7) is 0.434. The minimum atomic E-state index is -0.193. The average molecular weight is 278 g/mol. The van der Waals surface area contributed by atoms with Gasteiger partial charge in [0.15, 0.2) is 6.61 Å². The van der Waals surface area contributed by atoms with Crippen LogP contribution in [-0.2, 0) is 9.59 Å². The van der Waals surface area contributed by atoms with Crippen molar-refractivity contribution in [3.05, 3.63) is 24.3 Å². The third kappa shape index (κ3) is 4.15. The lowest BCUT2D eigenvalue weighted by molar-refractivity contribution is -0.126. The van der Waals surface area contributed by atoms with E-state index in [9.17, 15) is 9.59 Å². The van der Waals surface area contributed by atoms with Crippen molar-refractivity contribution in [2.75, 3.05) is 20.3 Å². The first-order valence-electron chi connectivity index (χ1n) is 6.50. The van der Waals surface area contributed by atoms with E-state index < -0.39 is 0 Å². The quantitative estimate of drug-likeness (QED) is 0.821. The minimum absolute atomic E-state index is 0.0142. The molecule has 2 amide bonds. The van der Waals surface area contributed by atoms with Crippen molar-refractivity contribution in [2.45, 2.75) is 18.9 Å².